The molecule has 0 aliphatic carbocycles. The molecule has 2 unspecified atom stereocenters. The van der Waals surface area contributed by atoms with E-state index in [0.717, 1.165) is 12.1 Å². The lowest BCUT2D eigenvalue weighted by molar-refractivity contribution is -0.137. The van der Waals surface area contributed by atoms with Crippen LogP contribution in [0.3, 0.4) is 0 Å². The summed E-state index contributed by atoms with van der Waals surface area (Å²) in [5.74, 6) is -0.484. The number of fused-ring (bicyclic) bond motifs is 2. The Hall–Kier alpha value is -1.60. The van der Waals surface area contributed by atoms with Gasteiger partial charge >= 0.3 is 6.18 Å². The minimum Gasteiger partial charge on any atom is -0.497 e. The number of piperidine rings is 1. The monoisotopic (exact) mass is 343 g/mol. The highest BCUT2D eigenvalue weighted by atomic mass is 19.4. The lowest BCUT2D eigenvalue weighted by Crippen LogP contribution is -2.55. The number of likely N-dealkylation sites (N-methyl/N-ethyl adjacent to an activating group) is 1. The number of carbonyl (C=O) groups excluding carboxylic acids is 1. The minimum atomic E-state index is -4.51. The number of halogens is 3. The number of benzene rings is 1. The Morgan fingerprint density at radius 2 is 1.83 bits per heavy atom. The third-order valence-corrected chi connectivity index (χ3v) is 5.01. The summed E-state index contributed by atoms with van der Waals surface area (Å²) in [5.41, 5.74) is -0.795. The minimum absolute atomic E-state index is 0.0460. The molecule has 7 heteroatoms. The van der Waals surface area contributed by atoms with E-state index in [2.05, 4.69) is 4.90 Å². The molecule has 1 aromatic rings. The molecule has 2 heterocycles. The van der Waals surface area contributed by atoms with E-state index < -0.39 is 11.7 Å². The molecule has 0 amide bonds. The summed E-state index contributed by atoms with van der Waals surface area (Å²) in [6, 6.07) is 3.50. The van der Waals surface area contributed by atoms with Crippen molar-refractivity contribution in [2.45, 2.75) is 31.1 Å². The molecule has 4 nitrogen and oxygen atoms in total. The van der Waals surface area contributed by atoms with Crippen LogP contribution in [0, 0.1) is 5.92 Å². The zero-order chi connectivity index (χ0) is 17.5. The van der Waals surface area contributed by atoms with Crippen LogP contribution >= 0.6 is 0 Å². The standard InChI is InChI=1S/C17H20F3NO3/c1-21-13-4-11(5-14(21)9-24-8-13)16(22)10-3-12(17(18,19)20)7-15(6-10)23-2/h3,6-7,11,13-14H,4-5,8-9H2,1-2H3. The van der Waals surface area contributed by atoms with Crippen LogP contribution in [0.4, 0.5) is 13.2 Å². The van der Waals surface area contributed by atoms with Crippen molar-refractivity contribution in [2.75, 3.05) is 27.4 Å². The van der Waals surface area contributed by atoms with Crippen LogP contribution in [0.2, 0.25) is 0 Å². The van der Waals surface area contributed by atoms with Crippen molar-refractivity contribution in [3.05, 3.63) is 29.3 Å². The molecule has 0 spiro atoms. The molecule has 1 aromatic carbocycles. The summed E-state index contributed by atoms with van der Waals surface area (Å²) in [6.45, 7) is 1.12. The van der Waals surface area contributed by atoms with Gasteiger partial charge in [0, 0.05) is 23.6 Å². The quantitative estimate of drug-likeness (QED) is 0.791. The topological polar surface area (TPSA) is 38.8 Å². The summed E-state index contributed by atoms with van der Waals surface area (Å²) in [5, 5.41) is 0. The van der Waals surface area contributed by atoms with Gasteiger partial charge in [0.15, 0.2) is 5.78 Å². The molecule has 2 aliphatic rings. The maximum absolute atomic E-state index is 13.0. The molecule has 0 N–H and O–H groups in total. The van der Waals surface area contributed by atoms with Crippen molar-refractivity contribution in [1.29, 1.82) is 0 Å². The summed E-state index contributed by atoms with van der Waals surface area (Å²) in [4.78, 5) is 15.0. The van der Waals surface area contributed by atoms with Crippen molar-refractivity contribution >= 4 is 5.78 Å². The molecule has 0 radical (unpaired) electrons. The average Bonchev–Trinajstić information content (AvgIpc) is 2.52. The van der Waals surface area contributed by atoms with Crippen LogP contribution in [0.15, 0.2) is 18.2 Å². The van der Waals surface area contributed by atoms with E-state index in [0.29, 0.717) is 26.1 Å². The van der Waals surface area contributed by atoms with Gasteiger partial charge in [0.2, 0.25) is 0 Å². The number of ether oxygens (including phenoxy) is 2. The predicted octanol–water partition coefficient (Wildman–Crippen LogP) is 3.01. The number of ketones is 1. The first kappa shape index (κ1) is 17.2. The second kappa shape index (κ2) is 6.37. The number of methoxy groups -OCH3 is 1. The van der Waals surface area contributed by atoms with Gasteiger partial charge in [-0.2, -0.15) is 13.2 Å². The molecule has 0 saturated carbocycles. The van der Waals surface area contributed by atoms with Gasteiger partial charge < -0.3 is 9.47 Å². The highest BCUT2D eigenvalue weighted by Crippen LogP contribution is 2.36. The third-order valence-electron chi connectivity index (χ3n) is 5.01. The molecule has 24 heavy (non-hydrogen) atoms. The molecular weight excluding hydrogens is 323 g/mol. The van der Waals surface area contributed by atoms with E-state index in [1.807, 2.05) is 7.05 Å². The number of nitrogens with zero attached hydrogens (tertiary/aromatic N) is 1. The molecule has 2 fully saturated rings. The van der Waals surface area contributed by atoms with Crippen LogP contribution in [-0.4, -0.2) is 50.1 Å². The lowest BCUT2D eigenvalue weighted by atomic mass is 9.81. The van der Waals surface area contributed by atoms with Crippen LogP contribution < -0.4 is 4.74 Å². The maximum Gasteiger partial charge on any atom is 0.416 e. The molecule has 2 bridgehead atoms. The lowest BCUT2D eigenvalue weighted by Gasteiger charge is -2.46. The second-order valence-electron chi connectivity index (χ2n) is 6.49. The highest BCUT2D eigenvalue weighted by molar-refractivity contribution is 5.98. The van der Waals surface area contributed by atoms with E-state index in [-0.39, 0.29) is 35.1 Å². The van der Waals surface area contributed by atoms with Gasteiger partial charge in [-0.05, 0) is 38.1 Å². The fourth-order valence-electron chi connectivity index (χ4n) is 3.57. The first-order valence-corrected chi connectivity index (χ1v) is 7.89. The number of hydrogen-bond acceptors (Lipinski definition) is 4. The molecule has 132 valence electrons. The van der Waals surface area contributed by atoms with Gasteiger partial charge in [-0.25, -0.2) is 0 Å². The normalized spacial score (nSPS) is 27.8. The third kappa shape index (κ3) is 3.28. The van der Waals surface area contributed by atoms with Crippen molar-refractivity contribution in [3.8, 4) is 5.75 Å². The molecule has 2 atom stereocenters. The van der Waals surface area contributed by atoms with E-state index in [9.17, 15) is 18.0 Å². The molecule has 2 aliphatic heterocycles. The largest absolute Gasteiger partial charge is 0.497 e. The summed E-state index contributed by atoms with van der Waals surface area (Å²) in [7, 11) is 3.30. The van der Waals surface area contributed by atoms with E-state index in [1.54, 1.807) is 0 Å². The molecular formula is C17H20F3NO3. The number of Topliss-reactive ketones (excluding diaryl/α,β-unsaturated/α-hetero) is 1. The molecule has 3 rings (SSSR count). The van der Waals surface area contributed by atoms with Gasteiger partial charge in [0.25, 0.3) is 0 Å². The van der Waals surface area contributed by atoms with E-state index in [1.165, 1.54) is 13.2 Å². The average molecular weight is 343 g/mol. The van der Waals surface area contributed by atoms with Crippen LogP contribution in [-0.2, 0) is 10.9 Å². The van der Waals surface area contributed by atoms with Crippen LogP contribution in [0.1, 0.15) is 28.8 Å². The van der Waals surface area contributed by atoms with Gasteiger partial charge in [0.1, 0.15) is 5.75 Å². The summed E-state index contributed by atoms with van der Waals surface area (Å²) < 4.78 is 49.6. The molecule has 2 saturated heterocycles. The maximum atomic E-state index is 13.0. The summed E-state index contributed by atoms with van der Waals surface area (Å²) >= 11 is 0. The second-order valence-corrected chi connectivity index (χ2v) is 6.49. The summed E-state index contributed by atoms with van der Waals surface area (Å²) in [6.07, 6.45) is -3.31. The Labute approximate surface area is 138 Å². The van der Waals surface area contributed by atoms with Crippen molar-refractivity contribution in [2.24, 2.45) is 5.92 Å². The Balaban J connectivity index is 1.87. The Kier molecular flexibility index (Phi) is 4.57. The highest BCUT2D eigenvalue weighted by Gasteiger charge is 2.40. The van der Waals surface area contributed by atoms with Crippen molar-refractivity contribution in [1.82, 2.24) is 4.90 Å². The first-order valence-electron chi connectivity index (χ1n) is 7.89. The number of alkyl halides is 3. The number of carbonyl (C=O) groups is 1. The van der Waals surface area contributed by atoms with Gasteiger partial charge in [-0.15, -0.1) is 0 Å². The fourth-order valence-corrected chi connectivity index (χ4v) is 3.57. The SMILES string of the molecule is COc1cc(C(=O)C2CC3COCC(C2)N3C)cc(C(F)(F)F)c1. The van der Waals surface area contributed by atoms with Gasteiger partial charge in [-0.3, -0.25) is 9.69 Å². The fraction of sp³-hybridized carbons (Fsp3) is 0.588. The number of morpholine rings is 1. The van der Waals surface area contributed by atoms with Crippen LogP contribution in [0.25, 0.3) is 0 Å². The van der Waals surface area contributed by atoms with E-state index in [4.69, 9.17) is 9.47 Å². The van der Waals surface area contributed by atoms with Gasteiger partial charge in [-0.1, -0.05) is 0 Å². The van der Waals surface area contributed by atoms with Crippen molar-refractivity contribution < 1.29 is 27.4 Å². The predicted molar refractivity (Wildman–Crippen MR) is 81.2 cm³/mol. The first-order chi connectivity index (χ1) is 11.3. The van der Waals surface area contributed by atoms with Crippen LogP contribution in [0.5, 0.6) is 5.75 Å². The number of rotatable bonds is 3. The number of hydrogen-bond donors (Lipinski definition) is 0. The molecule has 0 aromatic heterocycles. The smallest absolute Gasteiger partial charge is 0.416 e. The Morgan fingerprint density at radius 3 is 2.38 bits per heavy atom. The van der Waals surface area contributed by atoms with Gasteiger partial charge in [0.05, 0.1) is 25.9 Å². The zero-order valence-electron chi connectivity index (χ0n) is 13.6. The Bertz CT molecular complexity index is 618. The van der Waals surface area contributed by atoms with E-state index >= 15 is 0 Å². The van der Waals surface area contributed by atoms with Crippen molar-refractivity contribution in [3.63, 3.8) is 0 Å². The Morgan fingerprint density at radius 1 is 1.21 bits per heavy atom. The zero-order valence-corrected chi connectivity index (χ0v) is 13.6.